The molecule has 0 saturated carbocycles. The first-order valence-electron chi connectivity index (χ1n) is 8.09. The molecule has 0 spiro atoms. The Hall–Kier alpha value is -2.60. The van der Waals surface area contributed by atoms with Crippen molar-refractivity contribution < 1.29 is 4.79 Å². The number of carbonyl (C=O) groups excluding carboxylic acids is 1. The van der Waals surface area contributed by atoms with Crippen molar-refractivity contribution >= 4 is 17.7 Å². The average molecular weight is 352 g/mol. The van der Waals surface area contributed by atoms with E-state index in [-0.39, 0.29) is 11.9 Å². The van der Waals surface area contributed by atoms with E-state index in [0.717, 1.165) is 28.5 Å². The Bertz CT molecular complexity index is 805. The van der Waals surface area contributed by atoms with Gasteiger partial charge in [-0.25, -0.2) is 4.98 Å². The number of imidazole rings is 1. The third kappa shape index (κ3) is 4.93. The van der Waals surface area contributed by atoms with E-state index in [4.69, 9.17) is 0 Å². The molecule has 3 aromatic rings. The molecular formula is C19H20N4OS. The molecule has 0 saturated heterocycles. The molecule has 0 aliphatic rings. The van der Waals surface area contributed by atoms with Gasteiger partial charge < -0.3 is 10.3 Å². The average Bonchev–Trinajstić information content (AvgIpc) is 3.14. The van der Waals surface area contributed by atoms with Crippen molar-refractivity contribution in [2.45, 2.75) is 18.7 Å². The van der Waals surface area contributed by atoms with Gasteiger partial charge in [-0.05, 0) is 24.6 Å². The van der Waals surface area contributed by atoms with Crippen LogP contribution in [0.4, 0.5) is 0 Å². The van der Waals surface area contributed by atoms with Crippen LogP contribution >= 0.6 is 11.8 Å². The predicted octanol–water partition coefficient (Wildman–Crippen LogP) is 3.58. The number of rotatable bonds is 7. The molecule has 25 heavy (non-hydrogen) atoms. The number of benzene rings is 1. The largest absolute Gasteiger partial charge is 0.346 e. The Morgan fingerprint density at radius 2 is 1.96 bits per heavy atom. The predicted molar refractivity (Wildman–Crippen MR) is 101 cm³/mol. The molecule has 5 nitrogen and oxygen atoms in total. The van der Waals surface area contributed by atoms with Crippen LogP contribution in [0.25, 0.3) is 11.3 Å². The molecule has 1 atom stereocenters. The van der Waals surface area contributed by atoms with Crippen LogP contribution in [0.2, 0.25) is 0 Å². The second kappa shape index (κ2) is 8.48. The van der Waals surface area contributed by atoms with Crippen LogP contribution in [0.5, 0.6) is 0 Å². The molecule has 6 heteroatoms. The second-order valence-corrected chi connectivity index (χ2v) is 6.64. The van der Waals surface area contributed by atoms with Gasteiger partial charge >= 0.3 is 0 Å². The number of nitrogens with zero attached hydrogens (tertiary/aromatic N) is 2. The monoisotopic (exact) mass is 352 g/mol. The van der Waals surface area contributed by atoms with Crippen LogP contribution in [0.15, 0.2) is 60.9 Å². The van der Waals surface area contributed by atoms with E-state index in [0.29, 0.717) is 5.75 Å². The fourth-order valence-electron chi connectivity index (χ4n) is 2.40. The van der Waals surface area contributed by atoms with E-state index in [1.165, 1.54) is 0 Å². The zero-order valence-electron chi connectivity index (χ0n) is 14.0. The summed E-state index contributed by atoms with van der Waals surface area (Å²) in [6, 6.07) is 15.6. The molecule has 0 bridgehead atoms. The molecule has 0 radical (unpaired) electrons. The van der Waals surface area contributed by atoms with E-state index in [9.17, 15) is 4.79 Å². The number of H-pyrrole nitrogens is 1. The molecule has 0 aliphatic carbocycles. The van der Waals surface area contributed by atoms with Crippen molar-refractivity contribution in [2.24, 2.45) is 0 Å². The maximum Gasteiger partial charge on any atom is 0.230 e. The van der Waals surface area contributed by atoms with E-state index < -0.39 is 0 Å². The summed E-state index contributed by atoms with van der Waals surface area (Å²) in [7, 11) is 0. The molecular weight excluding hydrogens is 332 g/mol. The molecule has 1 amide bonds. The molecule has 2 N–H and O–H groups in total. The molecule has 0 fully saturated rings. The van der Waals surface area contributed by atoms with Crippen molar-refractivity contribution in [1.29, 1.82) is 0 Å². The molecule has 1 aromatic carbocycles. The highest BCUT2D eigenvalue weighted by Crippen LogP contribution is 2.19. The van der Waals surface area contributed by atoms with Crippen LogP contribution in [-0.2, 0) is 10.5 Å². The van der Waals surface area contributed by atoms with E-state index in [1.807, 2.05) is 55.5 Å². The summed E-state index contributed by atoms with van der Waals surface area (Å²) in [5, 5.41) is 2.97. The number of nitrogens with one attached hydrogen (secondary N) is 2. The third-order valence-electron chi connectivity index (χ3n) is 3.68. The quantitative estimate of drug-likeness (QED) is 0.682. The maximum atomic E-state index is 12.1. The van der Waals surface area contributed by atoms with Gasteiger partial charge in [0.05, 0.1) is 29.4 Å². The number of hydrogen-bond donors (Lipinski definition) is 2. The van der Waals surface area contributed by atoms with Gasteiger partial charge in [-0.15, -0.1) is 11.8 Å². The van der Waals surface area contributed by atoms with Crippen LogP contribution in [0, 0.1) is 0 Å². The summed E-state index contributed by atoms with van der Waals surface area (Å²) in [6.07, 6.45) is 3.56. The lowest BCUT2D eigenvalue weighted by Crippen LogP contribution is -2.28. The minimum Gasteiger partial charge on any atom is -0.346 e. The SMILES string of the molecule is CC(NC(=O)CSCc1ccccn1)c1ncc(-c2ccccc2)[nH]1. The lowest BCUT2D eigenvalue weighted by atomic mass is 10.2. The van der Waals surface area contributed by atoms with Gasteiger partial charge in [0.15, 0.2) is 0 Å². The van der Waals surface area contributed by atoms with Crippen LogP contribution in [0.1, 0.15) is 24.5 Å². The number of carbonyl (C=O) groups is 1. The number of aromatic nitrogens is 3. The molecule has 0 aliphatic heterocycles. The Kier molecular flexibility index (Phi) is 5.85. The molecule has 3 rings (SSSR count). The van der Waals surface area contributed by atoms with Crippen molar-refractivity contribution in [2.75, 3.05) is 5.75 Å². The zero-order valence-corrected chi connectivity index (χ0v) is 14.8. The van der Waals surface area contributed by atoms with Gasteiger partial charge in [-0.3, -0.25) is 9.78 Å². The minimum absolute atomic E-state index is 0.00825. The highest BCUT2D eigenvalue weighted by Gasteiger charge is 2.13. The normalized spacial score (nSPS) is 11.9. The maximum absolute atomic E-state index is 12.1. The molecule has 2 aromatic heterocycles. The Morgan fingerprint density at radius 1 is 1.16 bits per heavy atom. The first-order valence-corrected chi connectivity index (χ1v) is 9.25. The number of pyridine rings is 1. The van der Waals surface area contributed by atoms with Gasteiger partial charge in [-0.2, -0.15) is 0 Å². The molecule has 128 valence electrons. The van der Waals surface area contributed by atoms with Gasteiger partial charge in [0.1, 0.15) is 5.82 Å². The molecule has 1 unspecified atom stereocenters. The highest BCUT2D eigenvalue weighted by molar-refractivity contribution is 7.99. The van der Waals surface area contributed by atoms with Gasteiger partial charge in [0.25, 0.3) is 0 Å². The smallest absolute Gasteiger partial charge is 0.230 e. The number of thioether (sulfide) groups is 1. The van der Waals surface area contributed by atoms with E-state index in [2.05, 4.69) is 20.3 Å². The Labute approximate surface area is 151 Å². The Balaban J connectivity index is 1.49. The topological polar surface area (TPSA) is 70.7 Å². The summed E-state index contributed by atoms with van der Waals surface area (Å²) in [5.41, 5.74) is 3.00. The number of amides is 1. The van der Waals surface area contributed by atoms with Crippen LogP contribution in [-0.4, -0.2) is 26.6 Å². The first kappa shape index (κ1) is 17.2. The number of hydrogen-bond acceptors (Lipinski definition) is 4. The van der Waals surface area contributed by atoms with Crippen molar-refractivity contribution in [3.8, 4) is 11.3 Å². The molecule has 2 heterocycles. The van der Waals surface area contributed by atoms with Crippen molar-refractivity contribution in [3.05, 3.63) is 72.4 Å². The summed E-state index contributed by atoms with van der Waals surface area (Å²) >= 11 is 1.55. The van der Waals surface area contributed by atoms with Crippen LogP contribution < -0.4 is 5.32 Å². The van der Waals surface area contributed by atoms with Crippen molar-refractivity contribution in [3.63, 3.8) is 0 Å². The van der Waals surface area contributed by atoms with Crippen molar-refractivity contribution in [1.82, 2.24) is 20.3 Å². The third-order valence-corrected chi connectivity index (χ3v) is 4.64. The second-order valence-electron chi connectivity index (χ2n) is 5.65. The lowest BCUT2D eigenvalue weighted by Gasteiger charge is -2.11. The van der Waals surface area contributed by atoms with Gasteiger partial charge in [0.2, 0.25) is 5.91 Å². The first-order chi connectivity index (χ1) is 12.2. The van der Waals surface area contributed by atoms with E-state index in [1.54, 1.807) is 24.2 Å². The van der Waals surface area contributed by atoms with E-state index >= 15 is 0 Å². The Morgan fingerprint density at radius 3 is 2.72 bits per heavy atom. The van der Waals surface area contributed by atoms with Gasteiger partial charge in [-0.1, -0.05) is 36.4 Å². The summed E-state index contributed by atoms with van der Waals surface area (Å²) < 4.78 is 0. The summed E-state index contributed by atoms with van der Waals surface area (Å²) in [6.45, 7) is 1.93. The zero-order chi connectivity index (χ0) is 17.5. The standard InChI is InChI=1S/C19H20N4OS/c1-14(19-21-11-17(23-19)15-7-3-2-4-8-15)22-18(24)13-25-12-16-9-5-6-10-20-16/h2-11,14H,12-13H2,1H3,(H,21,23)(H,22,24). The van der Waals surface area contributed by atoms with Gasteiger partial charge in [0, 0.05) is 11.9 Å². The lowest BCUT2D eigenvalue weighted by molar-refractivity contribution is -0.119. The fraction of sp³-hybridized carbons (Fsp3) is 0.211. The summed E-state index contributed by atoms with van der Waals surface area (Å²) in [5.74, 6) is 1.86. The highest BCUT2D eigenvalue weighted by atomic mass is 32.2. The van der Waals surface area contributed by atoms with Crippen LogP contribution in [0.3, 0.4) is 0 Å². The minimum atomic E-state index is -0.166. The number of aromatic amines is 1. The fourth-order valence-corrected chi connectivity index (χ4v) is 3.16. The summed E-state index contributed by atoms with van der Waals surface area (Å²) in [4.78, 5) is 24.0.